The molecule has 1 aromatic carbocycles. The first-order valence-corrected chi connectivity index (χ1v) is 6.77. The van der Waals surface area contributed by atoms with Gasteiger partial charge in [-0.1, -0.05) is 6.92 Å². The second-order valence-corrected chi connectivity index (χ2v) is 5.12. The number of rotatable bonds is 4. The monoisotopic (exact) mass is 251 g/mol. The topological polar surface area (TPSA) is 35.2 Å². The Kier molecular flexibility index (Phi) is 4.23. The van der Waals surface area contributed by atoms with Crippen LogP contribution >= 0.6 is 0 Å². The Morgan fingerprint density at radius 1 is 1.33 bits per heavy atom. The van der Waals surface area contributed by atoms with Gasteiger partial charge in [0.25, 0.3) is 0 Å². The van der Waals surface area contributed by atoms with E-state index in [0.717, 1.165) is 54.5 Å². The van der Waals surface area contributed by atoms with Crippen LogP contribution < -0.4 is 10.5 Å². The SMILES string of the molecule is COc1cc(C(C)CCN)c(F)c2c1CCCC2. The van der Waals surface area contributed by atoms with Crippen LogP contribution in [0.2, 0.25) is 0 Å². The summed E-state index contributed by atoms with van der Waals surface area (Å²) in [4.78, 5) is 0. The Labute approximate surface area is 108 Å². The fourth-order valence-corrected chi connectivity index (χ4v) is 2.83. The first kappa shape index (κ1) is 13.3. The molecule has 18 heavy (non-hydrogen) atoms. The van der Waals surface area contributed by atoms with Crippen LogP contribution in [0.1, 0.15) is 48.8 Å². The molecule has 2 nitrogen and oxygen atoms in total. The molecule has 0 bridgehead atoms. The van der Waals surface area contributed by atoms with Crippen molar-refractivity contribution in [3.05, 3.63) is 28.6 Å². The molecule has 100 valence electrons. The second kappa shape index (κ2) is 5.70. The lowest BCUT2D eigenvalue weighted by atomic mass is 9.85. The van der Waals surface area contributed by atoms with Gasteiger partial charge in [-0.05, 0) is 61.8 Å². The summed E-state index contributed by atoms with van der Waals surface area (Å²) in [6, 6.07) is 1.87. The lowest BCUT2D eigenvalue weighted by Crippen LogP contribution is -2.13. The molecule has 0 heterocycles. The molecule has 0 amide bonds. The van der Waals surface area contributed by atoms with E-state index in [1.807, 2.05) is 13.0 Å². The van der Waals surface area contributed by atoms with E-state index in [1.54, 1.807) is 7.11 Å². The van der Waals surface area contributed by atoms with Gasteiger partial charge in [-0.15, -0.1) is 0 Å². The highest BCUT2D eigenvalue weighted by atomic mass is 19.1. The number of methoxy groups -OCH3 is 1. The zero-order valence-corrected chi connectivity index (χ0v) is 11.3. The summed E-state index contributed by atoms with van der Waals surface area (Å²) in [5, 5.41) is 0. The molecule has 3 heteroatoms. The lowest BCUT2D eigenvalue weighted by Gasteiger charge is -2.23. The highest BCUT2D eigenvalue weighted by Crippen LogP contribution is 2.36. The third kappa shape index (κ3) is 2.37. The highest BCUT2D eigenvalue weighted by molar-refractivity contribution is 5.47. The first-order valence-electron chi connectivity index (χ1n) is 6.77. The largest absolute Gasteiger partial charge is 0.496 e. The van der Waals surface area contributed by atoms with Crippen LogP contribution in [-0.2, 0) is 12.8 Å². The standard InChI is InChI=1S/C15H22FNO/c1-10(7-8-17)13-9-14(18-2)11-5-3-4-6-12(11)15(13)16/h9-10H,3-8,17H2,1-2H3. The van der Waals surface area contributed by atoms with Crippen LogP contribution in [0.25, 0.3) is 0 Å². The number of benzene rings is 1. The van der Waals surface area contributed by atoms with Gasteiger partial charge in [-0.3, -0.25) is 0 Å². The summed E-state index contributed by atoms with van der Waals surface area (Å²) in [6.45, 7) is 2.61. The van der Waals surface area contributed by atoms with E-state index >= 15 is 0 Å². The van der Waals surface area contributed by atoms with Crippen molar-refractivity contribution in [2.75, 3.05) is 13.7 Å². The molecule has 0 spiro atoms. The minimum Gasteiger partial charge on any atom is -0.496 e. The molecule has 0 saturated carbocycles. The van der Waals surface area contributed by atoms with E-state index in [0.29, 0.717) is 6.54 Å². The Bertz CT molecular complexity index is 431. The van der Waals surface area contributed by atoms with Crippen LogP contribution in [0.15, 0.2) is 6.07 Å². The van der Waals surface area contributed by atoms with Crippen LogP contribution in [0.3, 0.4) is 0 Å². The molecule has 0 fully saturated rings. The fourth-order valence-electron chi connectivity index (χ4n) is 2.83. The van der Waals surface area contributed by atoms with Gasteiger partial charge in [0, 0.05) is 5.56 Å². The zero-order chi connectivity index (χ0) is 13.1. The third-order valence-electron chi connectivity index (χ3n) is 3.92. The number of hydrogen-bond acceptors (Lipinski definition) is 2. The van der Waals surface area contributed by atoms with Gasteiger partial charge in [0.1, 0.15) is 11.6 Å². The smallest absolute Gasteiger partial charge is 0.130 e. The Morgan fingerprint density at radius 2 is 2.00 bits per heavy atom. The van der Waals surface area contributed by atoms with Gasteiger partial charge in [-0.2, -0.15) is 0 Å². The van der Waals surface area contributed by atoms with Crippen LogP contribution in [-0.4, -0.2) is 13.7 Å². The fraction of sp³-hybridized carbons (Fsp3) is 0.600. The van der Waals surface area contributed by atoms with Crippen LogP contribution in [0, 0.1) is 5.82 Å². The highest BCUT2D eigenvalue weighted by Gasteiger charge is 2.23. The maximum atomic E-state index is 14.5. The molecule has 1 aliphatic rings. The molecule has 1 atom stereocenters. The average molecular weight is 251 g/mol. The molecule has 1 unspecified atom stereocenters. The van der Waals surface area contributed by atoms with Crippen LogP contribution in [0.4, 0.5) is 4.39 Å². The molecule has 0 aromatic heterocycles. The van der Waals surface area contributed by atoms with Crippen molar-refractivity contribution in [3.8, 4) is 5.75 Å². The average Bonchev–Trinajstić information content (AvgIpc) is 2.40. The third-order valence-corrected chi connectivity index (χ3v) is 3.92. The second-order valence-electron chi connectivity index (χ2n) is 5.12. The number of ether oxygens (including phenoxy) is 1. The summed E-state index contributed by atoms with van der Waals surface area (Å²) < 4.78 is 20.0. The Morgan fingerprint density at radius 3 is 2.61 bits per heavy atom. The van der Waals surface area contributed by atoms with Crippen molar-refractivity contribution in [2.24, 2.45) is 5.73 Å². The van der Waals surface area contributed by atoms with E-state index in [2.05, 4.69) is 0 Å². The van der Waals surface area contributed by atoms with E-state index in [4.69, 9.17) is 10.5 Å². The zero-order valence-electron chi connectivity index (χ0n) is 11.3. The maximum absolute atomic E-state index is 14.5. The summed E-state index contributed by atoms with van der Waals surface area (Å²) in [6.07, 6.45) is 4.77. The molecule has 1 aromatic rings. The normalized spacial score (nSPS) is 16.2. The Balaban J connectivity index is 2.48. The predicted octanol–water partition coefficient (Wildman–Crippen LogP) is 3.17. The quantitative estimate of drug-likeness (QED) is 0.892. The van der Waals surface area contributed by atoms with Crippen molar-refractivity contribution in [3.63, 3.8) is 0 Å². The Hall–Kier alpha value is -1.09. The summed E-state index contributed by atoms with van der Waals surface area (Å²) in [5.41, 5.74) is 8.28. The minimum absolute atomic E-state index is 0.0218. The van der Waals surface area contributed by atoms with Gasteiger partial charge in [0.15, 0.2) is 0 Å². The summed E-state index contributed by atoms with van der Waals surface area (Å²) in [5.74, 6) is 0.979. The number of nitrogens with two attached hydrogens (primary N) is 1. The maximum Gasteiger partial charge on any atom is 0.130 e. The van der Waals surface area contributed by atoms with Gasteiger partial charge in [0.2, 0.25) is 0 Å². The number of fused-ring (bicyclic) bond motifs is 1. The minimum atomic E-state index is -0.0218. The van der Waals surface area contributed by atoms with E-state index < -0.39 is 0 Å². The molecule has 1 aliphatic carbocycles. The molecule has 2 N–H and O–H groups in total. The first-order chi connectivity index (χ1) is 8.69. The van der Waals surface area contributed by atoms with Gasteiger partial charge in [0.05, 0.1) is 7.11 Å². The van der Waals surface area contributed by atoms with E-state index in [9.17, 15) is 4.39 Å². The lowest BCUT2D eigenvalue weighted by molar-refractivity contribution is 0.401. The van der Waals surface area contributed by atoms with Gasteiger partial charge < -0.3 is 10.5 Å². The predicted molar refractivity (Wildman–Crippen MR) is 71.7 cm³/mol. The summed E-state index contributed by atoms with van der Waals surface area (Å²) >= 11 is 0. The van der Waals surface area contributed by atoms with E-state index in [-0.39, 0.29) is 11.7 Å². The molecule has 2 rings (SSSR count). The molecule has 0 saturated heterocycles. The van der Waals surface area contributed by atoms with Crippen LogP contribution in [0.5, 0.6) is 5.75 Å². The van der Waals surface area contributed by atoms with Crippen molar-refractivity contribution in [1.29, 1.82) is 0 Å². The number of halogens is 1. The van der Waals surface area contributed by atoms with Gasteiger partial charge >= 0.3 is 0 Å². The van der Waals surface area contributed by atoms with Crippen molar-refractivity contribution >= 4 is 0 Å². The van der Waals surface area contributed by atoms with E-state index in [1.165, 1.54) is 0 Å². The summed E-state index contributed by atoms with van der Waals surface area (Å²) in [7, 11) is 1.67. The van der Waals surface area contributed by atoms with Crippen molar-refractivity contribution < 1.29 is 9.13 Å². The number of hydrogen-bond donors (Lipinski definition) is 1. The van der Waals surface area contributed by atoms with Crippen molar-refractivity contribution in [2.45, 2.75) is 44.9 Å². The molecular weight excluding hydrogens is 229 g/mol. The van der Waals surface area contributed by atoms with Gasteiger partial charge in [-0.25, -0.2) is 4.39 Å². The molecule has 0 radical (unpaired) electrons. The van der Waals surface area contributed by atoms with Crippen molar-refractivity contribution in [1.82, 2.24) is 0 Å². The molecular formula is C15H22FNO. The molecule has 0 aliphatic heterocycles.